The second kappa shape index (κ2) is 7.74. The van der Waals surface area contributed by atoms with Gasteiger partial charge in [-0.25, -0.2) is 9.37 Å². The second-order valence-electron chi connectivity index (χ2n) is 6.72. The molecule has 3 heterocycles. The number of hydrogen-bond donors (Lipinski definition) is 1. The summed E-state index contributed by atoms with van der Waals surface area (Å²) >= 11 is 0. The van der Waals surface area contributed by atoms with Crippen molar-refractivity contribution in [1.82, 2.24) is 24.5 Å². The van der Waals surface area contributed by atoms with E-state index in [-0.39, 0.29) is 11.9 Å². The zero-order valence-corrected chi connectivity index (χ0v) is 15.7. The predicted octanol–water partition coefficient (Wildman–Crippen LogP) is 3.65. The van der Waals surface area contributed by atoms with Crippen molar-refractivity contribution in [1.29, 1.82) is 0 Å². The molecule has 1 N–H and O–H groups in total. The van der Waals surface area contributed by atoms with Gasteiger partial charge >= 0.3 is 0 Å². The lowest BCUT2D eigenvalue weighted by Gasteiger charge is -2.24. The quantitative estimate of drug-likeness (QED) is 0.557. The fourth-order valence-electron chi connectivity index (χ4n) is 3.17. The van der Waals surface area contributed by atoms with E-state index >= 15 is 0 Å². The Bertz CT molecular complexity index is 1080. The summed E-state index contributed by atoms with van der Waals surface area (Å²) in [4.78, 5) is 11.1. The minimum absolute atomic E-state index is 0.0666. The summed E-state index contributed by atoms with van der Waals surface area (Å²) in [6.07, 6.45) is 3.47. The number of fused-ring (bicyclic) bond motifs is 1. The van der Waals surface area contributed by atoms with E-state index in [9.17, 15) is 4.39 Å². The SMILES string of the molecule is CN(C)C(CNc1cc(-c2ccccc2F)nc2ccnn12)c1ccccn1. The van der Waals surface area contributed by atoms with Crippen molar-refractivity contribution in [3.8, 4) is 11.3 Å². The van der Waals surface area contributed by atoms with Gasteiger partial charge in [0.15, 0.2) is 5.65 Å². The lowest BCUT2D eigenvalue weighted by atomic mass is 10.1. The summed E-state index contributed by atoms with van der Waals surface area (Å²) in [5, 5.41) is 7.78. The molecule has 0 bridgehead atoms. The van der Waals surface area contributed by atoms with Crippen molar-refractivity contribution >= 4 is 11.5 Å². The lowest BCUT2D eigenvalue weighted by Crippen LogP contribution is -2.28. The van der Waals surface area contributed by atoms with Crippen LogP contribution in [-0.4, -0.2) is 45.1 Å². The highest BCUT2D eigenvalue weighted by molar-refractivity contribution is 5.66. The number of halogens is 1. The molecule has 0 amide bonds. The van der Waals surface area contributed by atoms with Crippen LogP contribution in [0.3, 0.4) is 0 Å². The summed E-state index contributed by atoms with van der Waals surface area (Å²) in [5.41, 5.74) is 2.65. The fourth-order valence-corrected chi connectivity index (χ4v) is 3.17. The van der Waals surface area contributed by atoms with Crippen molar-refractivity contribution in [2.24, 2.45) is 0 Å². The van der Waals surface area contributed by atoms with E-state index in [1.54, 1.807) is 41.2 Å². The van der Waals surface area contributed by atoms with Gasteiger partial charge in [-0.3, -0.25) is 9.88 Å². The first-order valence-corrected chi connectivity index (χ1v) is 9.04. The minimum Gasteiger partial charge on any atom is -0.368 e. The highest BCUT2D eigenvalue weighted by atomic mass is 19.1. The Morgan fingerprint density at radius 2 is 1.89 bits per heavy atom. The molecule has 0 fully saturated rings. The standard InChI is InChI=1S/C21H21FN6/c1-27(2)19(17-9-5-6-11-23-17)14-24-21-13-18(15-7-3-4-8-16(15)22)26-20-10-12-25-28(20)21/h3-13,19,24H,14H2,1-2H3. The average molecular weight is 376 g/mol. The van der Waals surface area contributed by atoms with Crippen molar-refractivity contribution in [2.75, 3.05) is 26.0 Å². The maximum Gasteiger partial charge on any atom is 0.157 e. The highest BCUT2D eigenvalue weighted by Crippen LogP contribution is 2.25. The molecule has 4 rings (SSSR count). The molecule has 1 aromatic carbocycles. The van der Waals surface area contributed by atoms with Gasteiger partial charge in [0.25, 0.3) is 0 Å². The van der Waals surface area contributed by atoms with Gasteiger partial charge in [-0.15, -0.1) is 0 Å². The van der Waals surface area contributed by atoms with Crippen LogP contribution in [0.4, 0.5) is 10.2 Å². The number of hydrogen-bond acceptors (Lipinski definition) is 5. The molecule has 1 atom stereocenters. The Hall–Kier alpha value is -3.32. The van der Waals surface area contributed by atoms with Crippen LogP contribution in [0.1, 0.15) is 11.7 Å². The molecule has 0 aliphatic heterocycles. The van der Waals surface area contributed by atoms with E-state index in [1.165, 1.54) is 6.07 Å². The smallest absolute Gasteiger partial charge is 0.157 e. The Balaban J connectivity index is 1.68. The van der Waals surface area contributed by atoms with Gasteiger partial charge in [-0.1, -0.05) is 18.2 Å². The number of nitrogens with one attached hydrogen (secondary N) is 1. The molecule has 142 valence electrons. The summed E-state index contributed by atoms with van der Waals surface area (Å²) in [7, 11) is 4.03. The number of aromatic nitrogens is 4. The van der Waals surface area contributed by atoms with Crippen molar-refractivity contribution < 1.29 is 4.39 Å². The average Bonchev–Trinajstić information content (AvgIpc) is 3.18. The molecular formula is C21H21FN6. The van der Waals surface area contributed by atoms with E-state index in [0.29, 0.717) is 23.4 Å². The van der Waals surface area contributed by atoms with E-state index in [4.69, 9.17) is 0 Å². The van der Waals surface area contributed by atoms with E-state index < -0.39 is 0 Å². The van der Waals surface area contributed by atoms with Crippen molar-refractivity contribution in [3.05, 3.63) is 78.5 Å². The van der Waals surface area contributed by atoms with Crippen LogP contribution in [0.15, 0.2) is 67.0 Å². The van der Waals surface area contributed by atoms with Gasteiger partial charge in [0.1, 0.15) is 11.6 Å². The maximum absolute atomic E-state index is 14.3. The number of rotatable bonds is 6. The van der Waals surface area contributed by atoms with Gasteiger partial charge in [-0.2, -0.15) is 9.61 Å². The number of benzene rings is 1. The van der Waals surface area contributed by atoms with Crippen molar-refractivity contribution in [3.63, 3.8) is 0 Å². The molecule has 28 heavy (non-hydrogen) atoms. The normalized spacial score (nSPS) is 12.4. The summed E-state index contributed by atoms with van der Waals surface area (Å²) in [6.45, 7) is 0.611. The molecular weight excluding hydrogens is 355 g/mol. The Kier molecular flexibility index (Phi) is 4.99. The summed E-state index contributed by atoms with van der Waals surface area (Å²) < 4.78 is 16.0. The molecule has 0 radical (unpaired) electrons. The van der Waals surface area contributed by atoms with Crippen LogP contribution >= 0.6 is 0 Å². The highest BCUT2D eigenvalue weighted by Gasteiger charge is 2.17. The zero-order chi connectivity index (χ0) is 19.5. The number of anilines is 1. The van der Waals surface area contributed by atoms with Gasteiger partial charge in [0, 0.05) is 30.4 Å². The summed E-state index contributed by atoms with van der Waals surface area (Å²) in [5.74, 6) is 0.445. The Morgan fingerprint density at radius 1 is 1.07 bits per heavy atom. The van der Waals surface area contributed by atoms with Gasteiger partial charge in [0.05, 0.1) is 23.6 Å². The van der Waals surface area contributed by atoms with Crippen LogP contribution < -0.4 is 5.32 Å². The molecule has 3 aromatic heterocycles. The van der Waals surface area contributed by atoms with Crippen LogP contribution in [0.5, 0.6) is 0 Å². The molecule has 7 heteroatoms. The van der Waals surface area contributed by atoms with Gasteiger partial charge < -0.3 is 5.32 Å². The third-order valence-corrected chi connectivity index (χ3v) is 4.64. The molecule has 1 unspecified atom stereocenters. The first-order chi connectivity index (χ1) is 13.6. The monoisotopic (exact) mass is 376 g/mol. The molecule has 0 aliphatic carbocycles. The van der Waals surface area contributed by atoms with Gasteiger partial charge in [-0.05, 0) is 38.4 Å². The van der Waals surface area contributed by atoms with Crippen molar-refractivity contribution in [2.45, 2.75) is 6.04 Å². The number of nitrogens with zero attached hydrogens (tertiary/aromatic N) is 5. The fraction of sp³-hybridized carbons (Fsp3) is 0.190. The molecule has 0 spiro atoms. The third kappa shape index (κ3) is 3.57. The minimum atomic E-state index is -0.301. The molecule has 0 aliphatic rings. The Labute approximate surface area is 162 Å². The van der Waals surface area contributed by atoms with Gasteiger partial charge in [0.2, 0.25) is 0 Å². The predicted molar refractivity (Wildman–Crippen MR) is 108 cm³/mol. The summed E-state index contributed by atoms with van der Waals surface area (Å²) in [6, 6.07) is 16.2. The topological polar surface area (TPSA) is 58.3 Å². The maximum atomic E-state index is 14.3. The van der Waals surface area contributed by atoms with E-state index in [0.717, 1.165) is 11.5 Å². The van der Waals surface area contributed by atoms with Crippen LogP contribution in [-0.2, 0) is 0 Å². The zero-order valence-electron chi connectivity index (χ0n) is 15.7. The molecule has 6 nitrogen and oxygen atoms in total. The van der Waals surface area contributed by atoms with E-state index in [1.807, 2.05) is 38.4 Å². The number of pyridine rings is 1. The largest absolute Gasteiger partial charge is 0.368 e. The molecule has 0 saturated carbocycles. The van der Waals surface area contributed by atoms with Crippen LogP contribution in [0, 0.1) is 5.82 Å². The first kappa shape index (κ1) is 18.1. The number of likely N-dealkylation sites (N-methyl/N-ethyl adjacent to an activating group) is 1. The molecule has 4 aromatic rings. The third-order valence-electron chi connectivity index (χ3n) is 4.64. The lowest BCUT2D eigenvalue weighted by molar-refractivity contribution is 0.305. The first-order valence-electron chi connectivity index (χ1n) is 9.04. The van der Waals surface area contributed by atoms with Crippen LogP contribution in [0.2, 0.25) is 0 Å². The molecule has 0 saturated heterocycles. The van der Waals surface area contributed by atoms with E-state index in [2.05, 4.69) is 25.3 Å². The second-order valence-corrected chi connectivity index (χ2v) is 6.72. The Morgan fingerprint density at radius 3 is 2.64 bits per heavy atom. The van der Waals surface area contributed by atoms with Crippen LogP contribution in [0.25, 0.3) is 16.9 Å².